The van der Waals surface area contributed by atoms with Crippen LogP contribution in [0.2, 0.25) is 0 Å². The first kappa shape index (κ1) is 15.6. The van der Waals surface area contributed by atoms with E-state index in [1.807, 2.05) is 0 Å². The van der Waals surface area contributed by atoms with Gasteiger partial charge in [-0.25, -0.2) is 8.78 Å². The first-order chi connectivity index (χ1) is 11.0. The van der Waals surface area contributed by atoms with Gasteiger partial charge in [-0.3, -0.25) is 4.79 Å². The molecule has 122 valence electrons. The van der Waals surface area contributed by atoms with Crippen LogP contribution >= 0.6 is 0 Å². The maximum Gasteiger partial charge on any atom is 0.231 e. The number of nitrogens with zero attached hydrogens (tertiary/aromatic N) is 3. The van der Waals surface area contributed by atoms with Crippen molar-refractivity contribution in [2.75, 3.05) is 13.1 Å². The Kier molecular flexibility index (Phi) is 4.36. The summed E-state index contributed by atoms with van der Waals surface area (Å²) in [5.74, 6) is -0.664. The van der Waals surface area contributed by atoms with Gasteiger partial charge in [0.1, 0.15) is 0 Å². The SMILES string of the molecule is Cc1noc(C2CCN(C(=O)CCc3cccc(F)c3F)C2)n1. The molecule has 2 heterocycles. The number of likely N-dealkylation sites (tertiary alicyclic amines) is 1. The summed E-state index contributed by atoms with van der Waals surface area (Å²) in [6.45, 7) is 2.88. The van der Waals surface area contributed by atoms with Crippen molar-refractivity contribution >= 4 is 5.91 Å². The number of amides is 1. The zero-order chi connectivity index (χ0) is 16.4. The second kappa shape index (κ2) is 6.44. The van der Waals surface area contributed by atoms with Crippen LogP contribution in [0.25, 0.3) is 0 Å². The van der Waals surface area contributed by atoms with Crippen molar-refractivity contribution in [1.29, 1.82) is 0 Å². The average Bonchev–Trinajstić information content (AvgIpc) is 3.17. The lowest BCUT2D eigenvalue weighted by Crippen LogP contribution is -2.28. The first-order valence-electron chi connectivity index (χ1n) is 7.55. The molecule has 5 nitrogen and oxygen atoms in total. The molecule has 1 amide bonds. The predicted octanol–water partition coefficient (Wildman–Crippen LogP) is 2.60. The minimum Gasteiger partial charge on any atom is -0.342 e. The Morgan fingerprint density at radius 2 is 2.26 bits per heavy atom. The van der Waals surface area contributed by atoms with Crippen molar-refractivity contribution in [3.05, 3.63) is 47.1 Å². The molecule has 1 aliphatic rings. The second-order valence-corrected chi connectivity index (χ2v) is 5.72. The summed E-state index contributed by atoms with van der Waals surface area (Å²) in [6.07, 6.45) is 1.10. The molecule has 7 heteroatoms. The average molecular weight is 321 g/mol. The highest BCUT2D eigenvalue weighted by molar-refractivity contribution is 5.76. The molecule has 0 bridgehead atoms. The van der Waals surface area contributed by atoms with E-state index in [0.717, 1.165) is 12.5 Å². The first-order valence-corrected chi connectivity index (χ1v) is 7.55. The quantitative estimate of drug-likeness (QED) is 0.868. The molecule has 2 aromatic rings. The van der Waals surface area contributed by atoms with Gasteiger partial charge in [0.15, 0.2) is 17.5 Å². The summed E-state index contributed by atoms with van der Waals surface area (Å²) < 4.78 is 31.9. The van der Waals surface area contributed by atoms with E-state index in [1.54, 1.807) is 11.8 Å². The molecule has 0 radical (unpaired) electrons. The molecule has 0 saturated carbocycles. The van der Waals surface area contributed by atoms with Gasteiger partial charge < -0.3 is 9.42 Å². The molecule has 1 fully saturated rings. The van der Waals surface area contributed by atoms with E-state index in [0.29, 0.717) is 24.8 Å². The molecule has 3 rings (SSSR count). The van der Waals surface area contributed by atoms with Crippen LogP contribution in [0.3, 0.4) is 0 Å². The van der Waals surface area contributed by atoms with Gasteiger partial charge in [-0.2, -0.15) is 4.98 Å². The van der Waals surface area contributed by atoms with Crippen LogP contribution in [0.15, 0.2) is 22.7 Å². The molecule has 0 N–H and O–H groups in total. The lowest BCUT2D eigenvalue weighted by molar-refractivity contribution is -0.130. The fourth-order valence-electron chi connectivity index (χ4n) is 2.81. The number of halogens is 2. The summed E-state index contributed by atoms with van der Waals surface area (Å²) in [5.41, 5.74) is 0.224. The van der Waals surface area contributed by atoms with Gasteiger partial charge in [-0.1, -0.05) is 17.3 Å². The van der Waals surface area contributed by atoms with Crippen LogP contribution in [0.1, 0.15) is 36.0 Å². The fraction of sp³-hybridized carbons (Fsp3) is 0.438. The number of carbonyl (C=O) groups is 1. The number of aryl methyl sites for hydroxylation is 2. The van der Waals surface area contributed by atoms with Crippen molar-refractivity contribution in [3.63, 3.8) is 0 Å². The normalized spacial score (nSPS) is 17.7. The van der Waals surface area contributed by atoms with Crippen molar-refractivity contribution in [1.82, 2.24) is 15.0 Å². The number of hydrogen-bond donors (Lipinski definition) is 0. The third kappa shape index (κ3) is 3.38. The Morgan fingerprint density at radius 3 is 3.00 bits per heavy atom. The van der Waals surface area contributed by atoms with Crippen molar-refractivity contribution in [2.24, 2.45) is 0 Å². The predicted molar refractivity (Wildman–Crippen MR) is 77.7 cm³/mol. The van der Waals surface area contributed by atoms with E-state index in [4.69, 9.17) is 4.52 Å². The van der Waals surface area contributed by atoms with E-state index < -0.39 is 11.6 Å². The van der Waals surface area contributed by atoms with Gasteiger partial charge in [-0.05, 0) is 31.4 Å². The summed E-state index contributed by atoms with van der Waals surface area (Å²) >= 11 is 0. The van der Waals surface area contributed by atoms with Crippen molar-refractivity contribution in [2.45, 2.75) is 32.1 Å². The monoisotopic (exact) mass is 321 g/mol. The van der Waals surface area contributed by atoms with Gasteiger partial charge in [0.2, 0.25) is 11.8 Å². The van der Waals surface area contributed by atoms with Crippen molar-refractivity contribution in [3.8, 4) is 0 Å². The van der Waals surface area contributed by atoms with Crippen LogP contribution in [0, 0.1) is 18.6 Å². The van der Waals surface area contributed by atoms with Gasteiger partial charge in [0, 0.05) is 19.5 Å². The summed E-state index contributed by atoms with van der Waals surface area (Å²) in [6, 6.07) is 4.01. The highest BCUT2D eigenvalue weighted by Gasteiger charge is 2.30. The van der Waals surface area contributed by atoms with Crippen LogP contribution in [0.5, 0.6) is 0 Å². The fourth-order valence-corrected chi connectivity index (χ4v) is 2.81. The van der Waals surface area contributed by atoms with E-state index >= 15 is 0 Å². The zero-order valence-electron chi connectivity index (χ0n) is 12.8. The maximum atomic E-state index is 13.6. The largest absolute Gasteiger partial charge is 0.342 e. The standard InChI is InChI=1S/C16H17F2N3O2/c1-10-19-16(23-20-10)12-7-8-21(9-12)14(22)6-5-11-3-2-4-13(17)15(11)18/h2-4,12H,5-9H2,1H3. The smallest absolute Gasteiger partial charge is 0.231 e. The second-order valence-electron chi connectivity index (χ2n) is 5.72. The highest BCUT2D eigenvalue weighted by atomic mass is 19.2. The van der Waals surface area contributed by atoms with E-state index in [1.165, 1.54) is 12.1 Å². The van der Waals surface area contributed by atoms with E-state index in [-0.39, 0.29) is 30.2 Å². The summed E-state index contributed by atoms with van der Waals surface area (Å²) in [5, 5.41) is 3.76. The Balaban J connectivity index is 1.56. The number of hydrogen-bond acceptors (Lipinski definition) is 4. The van der Waals surface area contributed by atoms with Crippen LogP contribution in [-0.2, 0) is 11.2 Å². The summed E-state index contributed by atoms with van der Waals surface area (Å²) in [4.78, 5) is 18.1. The van der Waals surface area contributed by atoms with Gasteiger partial charge in [-0.15, -0.1) is 0 Å². The third-order valence-electron chi connectivity index (χ3n) is 4.07. The molecular formula is C16H17F2N3O2. The third-order valence-corrected chi connectivity index (χ3v) is 4.07. The molecule has 1 aromatic carbocycles. The Hall–Kier alpha value is -2.31. The van der Waals surface area contributed by atoms with E-state index in [9.17, 15) is 13.6 Å². The Morgan fingerprint density at radius 1 is 1.43 bits per heavy atom. The number of rotatable bonds is 4. The molecule has 1 unspecified atom stereocenters. The molecule has 1 saturated heterocycles. The van der Waals surface area contributed by atoms with Gasteiger partial charge in [0.05, 0.1) is 5.92 Å². The number of benzene rings is 1. The number of aromatic nitrogens is 2. The topological polar surface area (TPSA) is 59.2 Å². The Labute approximate surface area is 132 Å². The summed E-state index contributed by atoms with van der Waals surface area (Å²) in [7, 11) is 0. The molecule has 1 atom stereocenters. The zero-order valence-corrected chi connectivity index (χ0v) is 12.8. The molecule has 1 aliphatic heterocycles. The van der Waals surface area contributed by atoms with Crippen LogP contribution in [0.4, 0.5) is 8.78 Å². The highest BCUT2D eigenvalue weighted by Crippen LogP contribution is 2.26. The van der Waals surface area contributed by atoms with Crippen LogP contribution < -0.4 is 0 Å². The number of carbonyl (C=O) groups excluding carboxylic acids is 1. The minimum atomic E-state index is -0.886. The Bertz CT molecular complexity index is 717. The molecule has 23 heavy (non-hydrogen) atoms. The minimum absolute atomic E-state index is 0.0473. The maximum absolute atomic E-state index is 13.6. The molecule has 0 aliphatic carbocycles. The van der Waals surface area contributed by atoms with Gasteiger partial charge in [0.25, 0.3) is 0 Å². The van der Waals surface area contributed by atoms with E-state index in [2.05, 4.69) is 10.1 Å². The van der Waals surface area contributed by atoms with Crippen LogP contribution in [-0.4, -0.2) is 34.0 Å². The molecule has 1 aromatic heterocycles. The van der Waals surface area contributed by atoms with Gasteiger partial charge >= 0.3 is 0 Å². The molecule has 0 spiro atoms. The lowest BCUT2D eigenvalue weighted by Gasteiger charge is -2.15. The lowest BCUT2D eigenvalue weighted by atomic mass is 10.1. The molecular weight excluding hydrogens is 304 g/mol. The van der Waals surface area contributed by atoms with Crippen molar-refractivity contribution < 1.29 is 18.1 Å².